The van der Waals surface area contributed by atoms with E-state index in [-0.39, 0.29) is 5.69 Å². The lowest BCUT2D eigenvalue weighted by Crippen LogP contribution is -2.45. The minimum absolute atomic E-state index is 0.146. The van der Waals surface area contributed by atoms with Gasteiger partial charge in [-0.15, -0.1) is 0 Å². The smallest absolute Gasteiger partial charge is 0.150 e. The molecule has 0 bridgehead atoms. The van der Waals surface area contributed by atoms with Crippen LogP contribution in [-0.2, 0) is 0 Å². The normalized spacial score (nSPS) is 17.7. The van der Waals surface area contributed by atoms with Gasteiger partial charge >= 0.3 is 0 Å². The van der Waals surface area contributed by atoms with Crippen molar-refractivity contribution in [3.63, 3.8) is 0 Å². The first-order valence-corrected chi connectivity index (χ1v) is 9.29. The fraction of sp³-hybridized carbons (Fsp3) is 0.333. The van der Waals surface area contributed by atoms with Crippen LogP contribution in [0.1, 0.15) is 0 Å². The zero-order valence-corrected chi connectivity index (χ0v) is 14.9. The van der Waals surface area contributed by atoms with Crippen molar-refractivity contribution >= 4 is 29.2 Å². The van der Waals surface area contributed by atoms with E-state index in [1.54, 1.807) is 6.07 Å². The van der Waals surface area contributed by atoms with E-state index in [1.165, 1.54) is 34.6 Å². The summed E-state index contributed by atoms with van der Waals surface area (Å²) in [6.45, 7) is 5.40. The van der Waals surface area contributed by atoms with E-state index < -0.39 is 17.5 Å². The van der Waals surface area contributed by atoms with Gasteiger partial charge in [-0.2, -0.15) is 0 Å². The van der Waals surface area contributed by atoms with Crippen LogP contribution in [0.5, 0.6) is 0 Å². The Morgan fingerprint density at radius 1 is 0.923 bits per heavy atom. The maximum Gasteiger partial charge on any atom is 0.150 e. The molecule has 2 heterocycles. The van der Waals surface area contributed by atoms with Gasteiger partial charge in [0.2, 0.25) is 0 Å². The zero-order valence-electron chi connectivity index (χ0n) is 14.1. The first-order chi connectivity index (χ1) is 12.6. The topological polar surface area (TPSA) is 21.8 Å². The number of nitrogens with zero attached hydrogens (tertiary/aromatic N) is 3. The van der Waals surface area contributed by atoms with E-state index in [2.05, 4.69) is 10.2 Å². The van der Waals surface area contributed by atoms with Crippen LogP contribution < -0.4 is 13.9 Å². The maximum atomic E-state index is 14.5. The third-order valence-electron chi connectivity index (χ3n) is 4.57. The summed E-state index contributed by atoms with van der Waals surface area (Å²) in [5, 5.41) is 3.31. The lowest BCUT2D eigenvalue weighted by Gasteiger charge is -2.29. The van der Waals surface area contributed by atoms with Crippen LogP contribution in [0.2, 0.25) is 0 Å². The second kappa shape index (κ2) is 7.38. The van der Waals surface area contributed by atoms with Gasteiger partial charge in [0.15, 0.2) is 5.82 Å². The number of halogens is 3. The number of piperazine rings is 1. The molecule has 4 nitrogen and oxygen atoms in total. The largest absolute Gasteiger partial charge is 0.314 e. The van der Waals surface area contributed by atoms with Gasteiger partial charge < -0.3 is 5.32 Å². The predicted octanol–water partition coefficient (Wildman–Crippen LogP) is 3.53. The van der Waals surface area contributed by atoms with E-state index in [9.17, 15) is 13.2 Å². The molecule has 0 saturated carbocycles. The number of benzene rings is 2. The minimum atomic E-state index is -0.712. The molecular formula is C18H19F3N4S. The number of anilines is 3. The Hall–Kier alpha value is -1.90. The molecule has 2 aromatic carbocycles. The molecule has 0 atom stereocenters. The molecule has 0 amide bonds. The van der Waals surface area contributed by atoms with Gasteiger partial charge in [0.25, 0.3) is 0 Å². The lowest BCUT2D eigenvalue weighted by atomic mass is 10.2. The average Bonchev–Trinajstić information content (AvgIpc) is 3.01. The molecule has 0 radical (unpaired) electrons. The van der Waals surface area contributed by atoms with E-state index in [0.717, 1.165) is 38.8 Å². The van der Waals surface area contributed by atoms with E-state index in [0.29, 0.717) is 17.9 Å². The summed E-state index contributed by atoms with van der Waals surface area (Å²) < 4.78 is 45.5. The van der Waals surface area contributed by atoms with E-state index in [4.69, 9.17) is 0 Å². The number of para-hydroxylation sites is 1. The summed E-state index contributed by atoms with van der Waals surface area (Å²) in [6.07, 6.45) is 0. The van der Waals surface area contributed by atoms with Crippen molar-refractivity contribution in [2.45, 2.75) is 0 Å². The minimum Gasteiger partial charge on any atom is -0.314 e. The average molecular weight is 380 g/mol. The standard InChI is InChI=1S/C18H19F3N4S/c19-13-4-5-16(15(21)12-13)25-18-14(20)2-1-3-17(18)24(26-25)11-10-23-8-6-22-7-9-23/h1-5,12,22H,6-11H2. The first kappa shape index (κ1) is 17.5. The molecule has 0 aromatic heterocycles. The number of rotatable bonds is 4. The van der Waals surface area contributed by atoms with Crippen molar-refractivity contribution in [1.29, 1.82) is 0 Å². The molecule has 0 spiro atoms. The van der Waals surface area contributed by atoms with Crippen molar-refractivity contribution in [2.75, 3.05) is 47.9 Å². The molecule has 2 aromatic rings. The molecule has 0 unspecified atom stereocenters. The van der Waals surface area contributed by atoms with Crippen molar-refractivity contribution in [3.8, 4) is 0 Å². The Labute approximate surface area is 154 Å². The highest BCUT2D eigenvalue weighted by atomic mass is 32.2. The molecule has 0 aliphatic carbocycles. The second-order valence-corrected chi connectivity index (χ2v) is 7.24. The Bertz CT molecular complexity index is 798. The fourth-order valence-electron chi connectivity index (χ4n) is 3.23. The number of nitrogens with one attached hydrogen (secondary N) is 1. The molecular weight excluding hydrogens is 361 g/mol. The summed E-state index contributed by atoms with van der Waals surface area (Å²) in [6, 6.07) is 8.17. The zero-order chi connectivity index (χ0) is 18.1. The highest BCUT2D eigenvalue weighted by molar-refractivity contribution is 8.02. The van der Waals surface area contributed by atoms with Gasteiger partial charge in [0.05, 0.1) is 23.5 Å². The van der Waals surface area contributed by atoms with Crippen LogP contribution >= 0.6 is 12.1 Å². The fourth-order valence-corrected chi connectivity index (χ4v) is 4.32. The SMILES string of the molecule is Fc1ccc(N2SN(CCN3CCNCC3)c3cccc(F)c32)c(F)c1. The van der Waals surface area contributed by atoms with Crippen molar-refractivity contribution in [3.05, 3.63) is 53.8 Å². The van der Waals surface area contributed by atoms with Gasteiger partial charge in [-0.05, 0) is 24.3 Å². The highest BCUT2D eigenvalue weighted by Gasteiger charge is 2.33. The molecule has 4 rings (SSSR count). The van der Waals surface area contributed by atoms with E-state index in [1.807, 2.05) is 10.4 Å². The number of hydrogen-bond acceptors (Lipinski definition) is 5. The Morgan fingerprint density at radius 3 is 2.50 bits per heavy atom. The molecule has 26 heavy (non-hydrogen) atoms. The number of hydrogen-bond donors (Lipinski definition) is 1. The highest BCUT2D eigenvalue weighted by Crippen LogP contribution is 2.50. The van der Waals surface area contributed by atoms with Gasteiger partial charge in [-0.25, -0.2) is 13.2 Å². The summed E-state index contributed by atoms with van der Waals surface area (Å²) in [5.41, 5.74) is 1.16. The molecule has 1 fully saturated rings. The van der Waals surface area contributed by atoms with Crippen LogP contribution in [0.25, 0.3) is 0 Å². The molecule has 1 saturated heterocycles. The third-order valence-corrected chi connectivity index (χ3v) is 5.69. The van der Waals surface area contributed by atoms with E-state index >= 15 is 0 Å². The van der Waals surface area contributed by atoms with Crippen molar-refractivity contribution < 1.29 is 13.2 Å². The molecule has 2 aliphatic rings. The quantitative estimate of drug-likeness (QED) is 0.817. The summed E-state index contributed by atoms with van der Waals surface area (Å²) in [5.74, 6) is -1.79. The van der Waals surface area contributed by atoms with Gasteiger partial charge in [-0.3, -0.25) is 13.5 Å². The van der Waals surface area contributed by atoms with Crippen LogP contribution in [0.15, 0.2) is 36.4 Å². The lowest BCUT2D eigenvalue weighted by molar-refractivity contribution is 0.248. The van der Waals surface area contributed by atoms with Crippen LogP contribution in [0, 0.1) is 17.5 Å². The molecule has 1 N–H and O–H groups in total. The third kappa shape index (κ3) is 3.36. The molecule has 8 heteroatoms. The van der Waals surface area contributed by atoms with Gasteiger partial charge in [0, 0.05) is 45.3 Å². The predicted molar refractivity (Wildman–Crippen MR) is 99.1 cm³/mol. The van der Waals surface area contributed by atoms with Crippen LogP contribution in [-0.4, -0.2) is 44.2 Å². The molecule has 138 valence electrons. The van der Waals surface area contributed by atoms with Gasteiger partial charge in [0.1, 0.15) is 17.3 Å². The number of fused-ring (bicyclic) bond motifs is 1. The van der Waals surface area contributed by atoms with Crippen LogP contribution in [0.3, 0.4) is 0 Å². The summed E-state index contributed by atoms with van der Waals surface area (Å²) in [7, 11) is 0. The molecule has 2 aliphatic heterocycles. The van der Waals surface area contributed by atoms with Crippen LogP contribution in [0.4, 0.5) is 30.2 Å². The van der Waals surface area contributed by atoms with Gasteiger partial charge in [-0.1, -0.05) is 6.07 Å². The monoisotopic (exact) mass is 380 g/mol. The summed E-state index contributed by atoms with van der Waals surface area (Å²) >= 11 is 1.24. The summed E-state index contributed by atoms with van der Waals surface area (Å²) in [4.78, 5) is 2.34. The second-order valence-electron chi connectivity index (χ2n) is 6.27. The Balaban J connectivity index is 1.59. The maximum absolute atomic E-state index is 14.5. The first-order valence-electron chi connectivity index (χ1n) is 8.56. The van der Waals surface area contributed by atoms with Crippen molar-refractivity contribution in [2.24, 2.45) is 0 Å². The Morgan fingerprint density at radius 2 is 1.73 bits per heavy atom. The van der Waals surface area contributed by atoms with Crippen molar-refractivity contribution in [1.82, 2.24) is 10.2 Å². The Kier molecular flexibility index (Phi) is 4.97.